The number of carbonyl (C=O) groups is 1. The molecule has 2 heteroatoms. The van der Waals surface area contributed by atoms with E-state index < -0.39 is 0 Å². The molecule has 1 heterocycles. The van der Waals surface area contributed by atoms with Crippen LogP contribution >= 0.6 is 0 Å². The molecule has 0 aliphatic carbocycles. The summed E-state index contributed by atoms with van der Waals surface area (Å²) in [7, 11) is 0. The number of likely N-dealkylation sites (tertiary alicyclic amines) is 1. The third-order valence-electron chi connectivity index (χ3n) is 4.08. The molecule has 2 rings (SSSR count). The predicted octanol–water partition coefficient (Wildman–Crippen LogP) is 3.52. The topological polar surface area (TPSA) is 20.3 Å². The highest BCUT2D eigenvalue weighted by atomic mass is 16.1. The molecule has 0 bridgehead atoms. The molecule has 1 aromatic carbocycles. The van der Waals surface area contributed by atoms with Crippen molar-refractivity contribution in [2.45, 2.75) is 51.6 Å². The van der Waals surface area contributed by atoms with Gasteiger partial charge in [-0.1, -0.05) is 43.7 Å². The average molecular weight is 245 g/mol. The third-order valence-corrected chi connectivity index (χ3v) is 4.08. The Hall–Kier alpha value is -1.15. The molecule has 0 N–H and O–H groups in total. The van der Waals surface area contributed by atoms with Crippen LogP contribution < -0.4 is 0 Å². The van der Waals surface area contributed by atoms with Gasteiger partial charge in [0.05, 0.1) is 6.04 Å². The van der Waals surface area contributed by atoms with Gasteiger partial charge in [0, 0.05) is 11.6 Å². The summed E-state index contributed by atoms with van der Waals surface area (Å²) in [5.41, 5.74) is 0.838. The van der Waals surface area contributed by atoms with Crippen molar-refractivity contribution in [2.24, 2.45) is 0 Å². The Kier molecular flexibility index (Phi) is 4.54. The lowest BCUT2D eigenvalue weighted by molar-refractivity contribution is 0.0661. The van der Waals surface area contributed by atoms with E-state index in [9.17, 15) is 4.79 Å². The molecule has 0 radical (unpaired) electrons. The summed E-state index contributed by atoms with van der Waals surface area (Å²) in [4.78, 5) is 14.9. The highest BCUT2D eigenvalue weighted by molar-refractivity contribution is 5.99. The maximum Gasteiger partial charge on any atom is 0.179 e. The fourth-order valence-corrected chi connectivity index (χ4v) is 2.97. The number of benzene rings is 1. The van der Waals surface area contributed by atoms with Crippen molar-refractivity contribution < 1.29 is 4.79 Å². The molecular weight excluding hydrogens is 222 g/mol. The molecule has 0 aromatic heterocycles. The second-order valence-corrected chi connectivity index (χ2v) is 5.20. The minimum atomic E-state index is 0.0117. The Balaban J connectivity index is 2.10. The first-order valence-corrected chi connectivity index (χ1v) is 7.09. The van der Waals surface area contributed by atoms with Gasteiger partial charge in [-0.3, -0.25) is 9.69 Å². The average Bonchev–Trinajstić information content (AvgIpc) is 2.46. The van der Waals surface area contributed by atoms with E-state index in [1.165, 1.54) is 19.3 Å². The molecular formula is C16H23NO. The van der Waals surface area contributed by atoms with Gasteiger partial charge < -0.3 is 0 Å². The van der Waals surface area contributed by atoms with Crippen molar-refractivity contribution in [3.8, 4) is 0 Å². The Labute approximate surface area is 110 Å². The minimum absolute atomic E-state index is 0.0117. The standard InChI is InChI=1S/C16H23NO/c1-3-15-11-7-8-12-17(15)13(2)16(18)14-9-5-4-6-10-14/h4-6,9-10,13,15H,3,7-8,11-12H2,1-2H3. The number of carbonyl (C=O) groups excluding carboxylic acids is 1. The van der Waals surface area contributed by atoms with Crippen LogP contribution in [0.2, 0.25) is 0 Å². The highest BCUT2D eigenvalue weighted by Gasteiger charge is 2.29. The molecule has 1 saturated heterocycles. The first-order valence-electron chi connectivity index (χ1n) is 7.09. The van der Waals surface area contributed by atoms with Crippen LogP contribution in [0.1, 0.15) is 49.9 Å². The lowest BCUT2D eigenvalue weighted by atomic mass is 9.95. The van der Waals surface area contributed by atoms with Gasteiger partial charge in [-0.05, 0) is 32.7 Å². The second kappa shape index (κ2) is 6.14. The molecule has 1 fully saturated rings. The van der Waals surface area contributed by atoms with Crippen LogP contribution in [-0.2, 0) is 0 Å². The first-order chi connectivity index (χ1) is 8.74. The molecule has 0 amide bonds. The van der Waals surface area contributed by atoms with Crippen molar-refractivity contribution in [3.63, 3.8) is 0 Å². The zero-order valence-electron chi connectivity index (χ0n) is 11.4. The van der Waals surface area contributed by atoms with E-state index in [0.29, 0.717) is 6.04 Å². The predicted molar refractivity (Wildman–Crippen MR) is 74.9 cm³/mol. The number of nitrogens with zero attached hydrogens (tertiary/aromatic N) is 1. The fraction of sp³-hybridized carbons (Fsp3) is 0.562. The van der Waals surface area contributed by atoms with Gasteiger partial charge >= 0.3 is 0 Å². The SMILES string of the molecule is CCC1CCCCN1C(C)C(=O)c1ccccc1. The molecule has 18 heavy (non-hydrogen) atoms. The lowest BCUT2D eigenvalue weighted by Crippen LogP contribution is -2.48. The van der Waals surface area contributed by atoms with Crippen molar-refractivity contribution in [1.82, 2.24) is 4.90 Å². The summed E-state index contributed by atoms with van der Waals surface area (Å²) in [6.45, 7) is 5.35. The fourth-order valence-electron chi connectivity index (χ4n) is 2.97. The smallest absolute Gasteiger partial charge is 0.179 e. The summed E-state index contributed by atoms with van der Waals surface area (Å²) >= 11 is 0. The van der Waals surface area contributed by atoms with Crippen molar-refractivity contribution in [2.75, 3.05) is 6.54 Å². The quantitative estimate of drug-likeness (QED) is 0.756. The van der Waals surface area contributed by atoms with Crippen molar-refractivity contribution in [3.05, 3.63) is 35.9 Å². The largest absolute Gasteiger partial charge is 0.292 e. The second-order valence-electron chi connectivity index (χ2n) is 5.20. The Morgan fingerprint density at radius 3 is 2.72 bits per heavy atom. The zero-order valence-corrected chi connectivity index (χ0v) is 11.4. The van der Waals surface area contributed by atoms with Gasteiger partial charge in [-0.25, -0.2) is 0 Å². The number of piperidine rings is 1. The summed E-state index contributed by atoms with van der Waals surface area (Å²) in [5, 5.41) is 0. The molecule has 98 valence electrons. The van der Waals surface area contributed by atoms with Crippen LogP contribution in [0.25, 0.3) is 0 Å². The normalized spacial score (nSPS) is 22.7. The summed E-state index contributed by atoms with van der Waals surface area (Å²) in [6.07, 6.45) is 4.92. The van der Waals surface area contributed by atoms with Crippen LogP contribution in [0, 0.1) is 0 Å². The first kappa shape index (κ1) is 13.3. The Bertz CT molecular complexity index is 387. The van der Waals surface area contributed by atoms with E-state index in [-0.39, 0.29) is 11.8 Å². The van der Waals surface area contributed by atoms with E-state index in [2.05, 4.69) is 18.7 Å². The zero-order chi connectivity index (χ0) is 13.0. The van der Waals surface area contributed by atoms with E-state index in [4.69, 9.17) is 0 Å². The lowest BCUT2D eigenvalue weighted by Gasteiger charge is -2.38. The molecule has 0 spiro atoms. The third kappa shape index (κ3) is 2.81. The summed E-state index contributed by atoms with van der Waals surface area (Å²) in [6, 6.07) is 10.3. The van der Waals surface area contributed by atoms with E-state index in [0.717, 1.165) is 18.5 Å². The molecule has 2 unspecified atom stereocenters. The van der Waals surface area contributed by atoms with Crippen LogP contribution in [-0.4, -0.2) is 29.3 Å². The van der Waals surface area contributed by atoms with Gasteiger partial charge in [-0.15, -0.1) is 0 Å². The van der Waals surface area contributed by atoms with Crippen LogP contribution in [0.5, 0.6) is 0 Å². The number of hydrogen-bond donors (Lipinski definition) is 0. The number of ketones is 1. The van der Waals surface area contributed by atoms with Crippen molar-refractivity contribution in [1.29, 1.82) is 0 Å². The van der Waals surface area contributed by atoms with E-state index in [1.54, 1.807) is 0 Å². The van der Waals surface area contributed by atoms with Crippen molar-refractivity contribution >= 4 is 5.78 Å². The van der Waals surface area contributed by atoms with Gasteiger partial charge in [0.15, 0.2) is 5.78 Å². The van der Waals surface area contributed by atoms with Gasteiger partial charge in [0.25, 0.3) is 0 Å². The van der Waals surface area contributed by atoms with Crippen LogP contribution in [0.3, 0.4) is 0 Å². The summed E-state index contributed by atoms with van der Waals surface area (Å²) in [5.74, 6) is 0.260. The molecule has 1 aliphatic rings. The Morgan fingerprint density at radius 1 is 1.33 bits per heavy atom. The maximum atomic E-state index is 12.5. The maximum absolute atomic E-state index is 12.5. The Morgan fingerprint density at radius 2 is 2.06 bits per heavy atom. The number of Topliss-reactive ketones (excluding diaryl/α,β-unsaturated/α-hetero) is 1. The summed E-state index contributed by atoms with van der Waals surface area (Å²) < 4.78 is 0. The molecule has 2 atom stereocenters. The van der Waals surface area contributed by atoms with Gasteiger partial charge in [0.2, 0.25) is 0 Å². The monoisotopic (exact) mass is 245 g/mol. The van der Waals surface area contributed by atoms with Crippen LogP contribution in [0.4, 0.5) is 0 Å². The van der Waals surface area contributed by atoms with Gasteiger partial charge in [-0.2, -0.15) is 0 Å². The van der Waals surface area contributed by atoms with E-state index in [1.807, 2.05) is 30.3 Å². The highest BCUT2D eigenvalue weighted by Crippen LogP contribution is 2.23. The van der Waals surface area contributed by atoms with Crippen LogP contribution in [0.15, 0.2) is 30.3 Å². The molecule has 1 aromatic rings. The number of rotatable bonds is 4. The molecule has 0 saturated carbocycles. The minimum Gasteiger partial charge on any atom is -0.292 e. The number of hydrogen-bond acceptors (Lipinski definition) is 2. The van der Waals surface area contributed by atoms with Gasteiger partial charge in [0.1, 0.15) is 0 Å². The molecule has 1 aliphatic heterocycles. The van der Waals surface area contributed by atoms with E-state index >= 15 is 0 Å². The molecule has 2 nitrogen and oxygen atoms in total.